The first-order chi connectivity index (χ1) is 6.08. The Morgan fingerprint density at radius 3 is 2.62 bits per heavy atom. The molecular formula is C8H16N2O3. The zero-order valence-corrected chi connectivity index (χ0v) is 7.86. The molecule has 13 heavy (non-hydrogen) atoms. The highest BCUT2D eigenvalue weighted by Gasteiger charge is 2.33. The van der Waals surface area contributed by atoms with Gasteiger partial charge in [0.15, 0.2) is 0 Å². The Morgan fingerprint density at radius 1 is 1.62 bits per heavy atom. The maximum absolute atomic E-state index is 11.8. The van der Waals surface area contributed by atoms with E-state index >= 15 is 0 Å². The Morgan fingerprint density at radius 2 is 2.15 bits per heavy atom. The monoisotopic (exact) mass is 188 g/mol. The molecule has 0 aromatic carbocycles. The van der Waals surface area contributed by atoms with Crippen LogP contribution in [-0.2, 0) is 4.74 Å². The largest absolute Gasteiger partial charge is 0.622 e. The van der Waals surface area contributed by atoms with Gasteiger partial charge in [-0.2, -0.15) is 4.79 Å². The lowest BCUT2D eigenvalue weighted by molar-refractivity contribution is -0.813. The standard InChI is InChI=1S/C8H16N2O3/c1-2-13-8(11)10(12)5-3-7(9)4-6-10/h7H,2-6,9H2,1H3. The first-order valence-electron chi connectivity index (χ1n) is 4.59. The highest BCUT2D eigenvalue weighted by Crippen LogP contribution is 2.18. The van der Waals surface area contributed by atoms with E-state index in [9.17, 15) is 10.0 Å². The Hall–Kier alpha value is -0.650. The van der Waals surface area contributed by atoms with E-state index in [1.54, 1.807) is 6.92 Å². The van der Waals surface area contributed by atoms with E-state index in [1.807, 2.05) is 0 Å². The van der Waals surface area contributed by atoms with Crippen LogP contribution in [0, 0.1) is 5.21 Å². The number of hydroxylamine groups is 3. The van der Waals surface area contributed by atoms with Gasteiger partial charge in [0, 0.05) is 18.9 Å². The average Bonchev–Trinajstić information content (AvgIpc) is 2.11. The van der Waals surface area contributed by atoms with Crippen LogP contribution < -0.4 is 5.73 Å². The van der Waals surface area contributed by atoms with Crippen LogP contribution in [0.25, 0.3) is 0 Å². The maximum atomic E-state index is 11.8. The average molecular weight is 188 g/mol. The summed E-state index contributed by atoms with van der Waals surface area (Å²) in [5.41, 5.74) is 5.63. The van der Waals surface area contributed by atoms with Crippen molar-refractivity contribution >= 4 is 6.09 Å². The molecule has 5 heteroatoms. The van der Waals surface area contributed by atoms with Gasteiger partial charge in [-0.25, -0.2) is 0 Å². The van der Waals surface area contributed by atoms with Crippen molar-refractivity contribution in [1.82, 2.24) is 0 Å². The van der Waals surface area contributed by atoms with E-state index < -0.39 is 10.7 Å². The van der Waals surface area contributed by atoms with Crippen molar-refractivity contribution in [3.05, 3.63) is 5.21 Å². The van der Waals surface area contributed by atoms with Crippen molar-refractivity contribution in [1.29, 1.82) is 0 Å². The number of nitrogens with zero attached hydrogens (tertiary/aromatic N) is 1. The van der Waals surface area contributed by atoms with Crippen LogP contribution in [-0.4, -0.2) is 36.5 Å². The van der Waals surface area contributed by atoms with E-state index in [0.29, 0.717) is 12.8 Å². The number of hydrogen-bond donors (Lipinski definition) is 1. The molecule has 1 saturated heterocycles. The van der Waals surface area contributed by atoms with Gasteiger partial charge in [0.25, 0.3) is 0 Å². The Kier molecular flexibility index (Phi) is 3.24. The van der Waals surface area contributed by atoms with E-state index in [-0.39, 0.29) is 25.7 Å². The molecule has 0 aromatic rings. The molecule has 1 aliphatic rings. The summed E-state index contributed by atoms with van der Waals surface area (Å²) < 4.78 is 3.84. The van der Waals surface area contributed by atoms with E-state index in [1.165, 1.54) is 0 Å². The van der Waals surface area contributed by atoms with Crippen LogP contribution in [0.2, 0.25) is 0 Å². The van der Waals surface area contributed by atoms with Crippen LogP contribution in [0.4, 0.5) is 4.79 Å². The van der Waals surface area contributed by atoms with Crippen LogP contribution >= 0.6 is 0 Å². The van der Waals surface area contributed by atoms with Gasteiger partial charge < -0.3 is 15.7 Å². The van der Waals surface area contributed by atoms with Gasteiger partial charge in [0.1, 0.15) is 0 Å². The molecule has 0 aliphatic carbocycles. The van der Waals surface area contributed by atoms with Gasteiger partial charge in [-0.1, -0.05) is 0 Å². The minimum Gasteiger partial charge on any atom is -0.622 e. The van der Waals surface area contributed by atoms with E-state index in [4.69, 9.17) is 10.5 Å². The molecule has 2 N–H and O–H groups in total. The molecule has 1 amide bonds. The smallest absolute Gasteiger partial charge is 0.516 e. The molecule has 0 unspecified atom stereocenters. The van der Waals surface area contributed by atoms with Gasteiger partial charge in [-0.05, 0) is 6.92 Å². The van der Waals surface area contributed by atoms with Gasteiger partial charge in [0.2, 0.25) is 0 Å². The molecule has 0 spiro atoms. The minimum atomic E-state index is -0.860. The molecule has 0 aromatic heterocycles. The molecule has 1 aliphatic heterocycles. The molecule has 0 radical (unpaired) electrons. The topological polar surface area (TPSA) is 75.4 Å². The van der Waals surface area contributed by atoms with Crippen molar-refractivity contribution in [2.75, 3.05) is 19.7 Å². The van der Waals surface area contributed by atoms with Crippen LogP contribution in [0.3, 0.4) is 0 Å². The number of carbonyl (C=O) groups excluding carboxylic acids is 1. The third-order valence-corrected chi connectivity index (χ3v) is 2.32. The normalized spacial score (nSPS) is 34.2. The molecule has 0 bridgehead atoms. The summed E-state index contributed by atoms with van der Waals surface area (Å²) in [4.78, 5) is 11.2. The number of ether oxygens (including phenoxy) is 1. The SMILES string of the molecule is CCOC(=O)[N+]1([O-])CCC(N)CC1. The fourth-order valence-electron chi connectivity index (χ4n) is 1.43. The fourth-order valence-corrected chi connectivity index (χ4v) is 1.43. The van der Waals surface area contributed by atoms with Crippen LogP contribution in [0.5, 0.6) is 0 Å². The maximum Gasteiger partial charge on any atom is 0.516 e. The van der Waals surface area contributed by atoms with Crippen molar-refractivity contribution in [2.45, 2.75) is 25.8 Å². The predicted octanol–water partition coefficient (Wildman–Crippen LogP) is 0.579. The number of amides is 1. The summed E-state index contributed by atoms with van der Waals surface area (Å²) in [6.45, 7) is 2.45. The molecule has 1 heterocycles. The zero-order valence-electron chi connectivity index (χ0n) is 7.86. The van der Waals surface area contributed by atoms with Crippen LogP contribution in [0.1, 0.15) is 19.8 Å². The summed E-state index contributed by atoms with van der Waals surface area (Å²) in [7, 11) is 0. The van der Waals surface area contributed by atoms with Crippen molar-refractivity contribution in [2.24, 2.45) is 5.73 Å². The second-order valence-corrected chi connectivity index (χ2v) is 3.37. The molecule has 1 fully saturated rings. The summed E-state index contributed by atoms with van der Waals surface area (Å²) in [6.07, 6.45) is 0.527. The Balaban J connectivity index is 2.51. The van der Waals surface area contributed by atoms with Gasteiger partial charge in [-0.15, -0.1) is 0 Å². The summed E-state index contributed by atoms with van der Waals surface area (Å²) in [5.74, 6) is 0. The first kappa shape index (κ1) is 10.4. The molecule has 1 rings (SSSR count). The summed E-state index contributed by atoms with van der Waals surface area (Å²) in [5, 5.41) is 11.8. The van der Waals surface area contributed by atoms with Crippen molar-refractivity contribution < 1.29 is 14.2 Å². The highest BCUT2D eigenvalue weighted by molar-refractivity contribution is 5.59. The molecule has 76 valence electrons. The summed E-state index contributed by atoms with van der Waals surface area (Å²) >= 11 is 0. The van der Waals surface area contributed by atoms with Gasteiger partial charge in [0.05, 0.1) is 19.7 Å². The highest BCUT2D eigenvalue weighted by atomic mass is 16.7. The van der Waals surface area contributed by atoms with Crippen LogP contribution in [0.15, 0.2) is 0 Å². The lowest BCUT2D eigenvalue weighted by Gasteiger charge is -2.42. The molecule has 0 saturated carbocycles. The number of piperidine rings is 1. The van der Waals surface area contributed by atoms with Gasteiger partial charge >= 0.3 is 6.09 Å². The number of quaternary nitrogens is 1. The number of rotatable bonds is 1. The Labute approximate surface area is 77.6 Å². The quantitative estimate of drug-likeness (QED) is 0.482. The number of carbonyl (C=O) groups is 1. The van der Waals surface area contributed by atoms with Crippen molar-refractivity contribution in [3.8, 4) is 0 Å². The zero-order chi connectivity index (χ0) is 9.90. The predicted molar refractivity (Wildman–Crippen MR) is 47.6 cm³/mol. The third-order valence-electron chi connectivity index (χ3n) is 2.32. The number of hydrogen-bond acceptors (Lipinski definition) is 4. The lowest BCUT2D eigenvalue weighted by Crippen LogP contribution is -2.54. The number of nitrogens with two attached hydrogens (primary N) is 1. The van der Waals surface area contributed by atoms with Crippen molar-refractivity contribution in [3.63, 3.8) is 0 Å². The third kappa shape index (κ3) is 2.40. The number of likely N-dealkylation sites (tertiary alicyclic amines) is 1. The Bertz CT molecular complexity index is 188. The molecule has 5 nitrogen and oxygen atoms in total. The van der Waals surface area contributed by atoms with E-state index in [0.717, 1.165) is 0 Å². The fraction of sp³-hybridized carbons (Fsp3) is 0.875. The lowest BCUT2D eigenvalue weighted by atomic mass is 10.1. The minimum absolute atomic E-state index is 0.0645. The summed E-state index contributed by atoms with van der Waals surface area (Å²) in [6, 6.07) is 0.0645. The van der Waals surface area contributed by atoms with Gasteiger partial charge in [-0.3, -0.25) is 4.65 Å². The van der Waals surface area contributed by atoms with E-state index in [2.05, 4.69) is 0 Å². The molecule has 0 atom stereocenters. The second kappa shape index (κ2) is 4.04. The first-order valence-corrected chi connectivity index (χ1v) is 4.59. The second-order valence-electron chi connectivity index (χ2n) is 3.37. The molecular weight excluding hydrogens is 172 g/mol.